The van der Waals surface area contributed by atoms with Crippen molar-refractivity contribution in [3.05, 3.63) is 29.8 Å². The van der Waals surface area contributed by atoms with Gasteiger partial charge in [-0.15, -0.1) is 0 Å². The molecule has 1 aliphatic rings. The Labute approximate surface area is 131 Å². The number of rotatable bonds is 1. The summed E-state index contributed by atoms with van der Waals surface area (Å²) in [5.41, 5.74) is 2.40. The average molecular weight is 290 g/mol. The molecule has 21 heavy (non-hydrogen) atoms. The minimum atomic E-state index is -0.232. The molecule has 0 radical (unpaired) electrons. The molecule has 0 aliphatic carbocycles. The smallest absolute Gasteiger partial charge is 0.402 e. The van der Waals surface area contributed by atoms with Crippen molar-refractivity contribution in [2.45, 2.75) is 78.9 Å². The second-order valence-corrected chi connectivity index (χ2v) is 7.41. The van der Waals surface area contributed by atoms with Gasteiger partial charge in [-0.3, -0.25) is 0 Å². The van der Waals surface area contributed by atoms with Crippen LogP contribution < -0.4 is 5.46 Å². The first kappa shape index (κ1) is 18.3. The highest BCUT2D eigenvalue weighted by molar-refractivity contribution is 6.61. The summed E-state index contributed by atoms with van der Waals surface area (Å²) in [6, 6.07) is 8.55. The Morgan fingerprint density at radius 1 is 1.10 bits per heavy atom. The Hall–Kier alpha value is -0.795. The molecule has 1 aliphatic heterocycles. The minimum Gasteiger partial charge on any atom is -0.402 e. The first-order chi connectivity index (χ1) is 9.61. The zero-order valence-corrected chi connectivity index (χ0v) is 15.0. The van der Waals surface area contributed by atoms with Gasteiger partial charge in [0, 0.05) is 0 Å². The fourth-order valence-corrected chi connectivity index (χ4v) is 2.04. The Morgan fingerprint density at radius 2 is 1.57 bits per heavy atom. The Kier molecular flexibility index (Phi) is 6.06. The molecule has 3 heteroatoms. The van der Waals surface area contributed by atoms with Crippen LogP contribution in [0.4, 0.5) is 0 Å². The van der Waals surface area contributed by atoms with Crippen LogP contribution in [-0.4, -0.2) is 18.8 Å². The molecule has 1 heterocycles. The molecule has 2 nitrogen and oxygen atoms in total. The number of hydrogen-bond donors (Lipinski definition) is 0. The van der Waals surface area contributed by atoms with E-state index in [0.717, 1.165) is 5.46 Å². The fourth-order valence-electron chi connectivity index (χ4n) is 2.04. The van der Waals surface area contributed by atoms with Crippen LogP contribution in [0.25, 0.3) is 0 Å². The van der Waals surface area contributed by atoms with Gasteiger partial charge in [0.2, 0.25) is 0 Å². The van der Waals surface area contributed by atoms with E-state index in [9.17, 15) is 0 Å². The van der Waals surface area contributed by atoms with Crippen LogP contribution >= 0.6 is 0 Å². The second kappa shape index (κ2) is 6.98. The SMILES string of the molecule is CC1OB(c2ccc(C(C)(C)C)cc2)OC1(C)C.CCC. The molecular weight excluding hydrogens is 259 g/mol. The second-order valence-electron chi connectivity index (χ2n) is 7.41. The molecule has 1 aromatic carbocycles. The van der Waals surface area contributed by atoms with Gasteiger partial charge < -0.3 is 9.31 Å². The number of benzene rings is 1. The molecule has 118 valence electrons. The van der Waals surface area contributed by atoms with Gasteiger partial charge >= 0.3 is 7.12 Å². The summed E-state index contributed by atoms with van der Waals surface area (Å²) in [5.74, 6) is 0. The number of hydrogen-bond acceptors (Lipinski definition) is 2. The van der Waals surface area contributed by atoms with E-state index in [1.807, 2.05) is 0 Å². The zero-order valence-electron chi connectivity index (χ0n) is 15.0. The Bertz CT molecular complexity index is 432. The van der Waals surface area contributed by atoms with E-state index in [1.165, 1.54) is 12.0 Å². The van der Waals surface area contributed by atoms with Crippen LogP contribution in [0.3, 0.4) is 0 Å². The molecule has 0 aromatic heterocycles. The van der Waals surface area contributed by atoms with Crippen molar-refractivity contribution >= 4 is 12.6 Å². The van der Waals surface area contributed by atoms with Gasteiger partial charge in [0.05, 0.1) is 11.7 Å². The molecule has 1 fully saturated rings. The van der Waals surface area contributed by atoms with E-state index in [2.05, 4.69) is 79.7 Å². The van der Waals surface area contributed by atoms with Gasteiger partial charge in [0.25, 0.3) is 0 Å². The third-order valence-corrected chi connectivity index (χ3v) is 3.77. The van der Waals surface area contributed by atoms with Crippen molar-refractivity contribution in [1.29, 1.82) is 0 Å². The Morgan fingerprint density at radius 3 is 1.90 bits per heavy atom. The third kappa shape index (κ3) is 4.86. The predicted molar refractivity (Wildman–Crippen MR) is 92.2 cm³/mol. The van der Waals surface area contributed by atoms with Gasteiger partial charge in [0.15, 0.2) is 0 Å². The van der Waals surface area contributed by atoms with Gasteiger partial charge in [0.1, 0.15) is 0 Å². The van der Waals surface area contributed by atoms with E-state index in [4.69, 9.17) is 9.31 Å². The van der Waals surface area contributed by atoms with Crippen molar-refractivity contribution in [3.63, 3.8) is 0 Å². The highest BCUT2D eigenvalue weighted by Gasteiger charge is 2.43. The van der Waals surface area contributed by atoms with Crippen LogP contribution in [-0.2, 0) is 14.7 Å². The summed E-state index contributed by atoms with van der Waals surface area (Å²) in [7, 11) is -0.232. The lowest BCUT2D eigenvalue weighted by atomic mass is 9.77. The molecule has 1 unspecified atom stereocenters. The maximum absolute atomic E-state index is 5.95. The maximum atomic E-state index is 5.95. The van der Waals surface area contributed by atoms with Crippen LogP contribution in [0.15, 0.2) is 24.3 Å². The van der Waals surface area contributed by atoms with Crippen LogP contribution in [0.1, 0.15) is 67.4 Å². The lowest BCUT2D eigenvalue weighted by Crippen LogP contribution is -2.34. The first-order valence-electron chi connectivity index (χ1n) is 8.05. The van der Waals surface area contributed by atoms with Crippen LogP contribution in [0, 0.1) is 0 Å². The molecule has 0 bridgehead atoms. The highest BCUT2D eigenvalue weighted by Crippen LogP contribution is 2.27. The normalized spacial score (nSPS) is 21.0. The molecule has 1 saturated heterocycles. The zero-order chi connectivity index (χ0) is 16.3. The first-order valence-corrected chi connectivity index (χ1v) is 8.05. The molecular formula is C18H31BO2. The van der Waals surface area contributed by atoms with E-state index in [1.54, 1.807) is 0 Å². The molecule has 0 N–H and O–H groups in total. The van der Waals surface area contributed by atoms with Gasteiger partial charge in [-0.1, -0.05) is 65.3 Å². The van der Waals surface area contributed by atoms with Crippen molar-refractivity contribution in [2.24, 2.45) is 0 Å². The van der Waals surface area contributed by atoms with Gasteiger partial charge in [-0.25, -0.2) is 0 Å². The fraction of sp³-hybridized carbons (Fsp3) is 0.667. The van der Waals surface area contributed by atoms with E-state index in [0.29, 0.717) is 0 Å². The van der Waals surface area contributed by atoms with Gasteiger partial charge in [-0.05, 0) is 37.2 Å². The molecule has 0 saturated carbocycles. The molecule has 1 aromatic rings. The molecule has 0 amide bonds. The van der Waals surface area contributed by atoms with Crippen LogP contribution in [0.5, 0.6) is 0 Å². The quantitative estimate of drug-likeness (QED) is 0.718. The van der Waals surface area contributed by atoms with E-state index >= 15 is 0 Å². The summed E-state index contributed by atoms with van der Waals surface area (Å²) in [4.78, 5) is 0. The summed E-state index contributed by atoms with van der Waals surface area (Å²) in [5, 5.41) is 0. The van der Waals surface area contributed by atoms with Gasteiger partial charge in [-0.2, -0.15) is 0 Å². The van der Waals surface area contributed by atoms with Crippen molar-refractivity contribution in [1.82, 2.24) is 0 Å². The third-order valence-electron chi connectivity index (χ3n) is 3.77. The average Bonchev–Trinajstić information content (AvgIpc) is 2.64. The predicted octanol–water partition coefficient (Wildman–Crippen LogP) is 4.31. The maximum Gasteiger partial charge on any atom is 0.494 e. The van der Waals surface area contributed by atoms with E-state index < -0.39 is 0 Å². The van der Waals surface area contributed by atoms with Crippen molar-refractivity contribution < 1.29 is 9.31 Å². The topological polar surface area (TPSA) is 18.5 Å². The summed E-state index contributed by atoms with van der Waals surface area (Å²) in [6.45, 7) is 17.1. The standard InChI is InChI=1S/C15H23BO2.C3H8/c1-11-15(5,6)18-16(17-11)13-9-7-12(8-10-13)14(2,3)4;1-3-2/h7-11H,1-6H3;3H2,1-2H3. The summed E-state index contributed by atoms with van der Waals surface area (Å²) >= 11 is 0. The Balaban J connectivity index is 0.000000677. The minimum absolute atomic E-state index is 0.116. The van der Waals surface area contributed by atoms with Crippen molar-refractivity contribution in [2.75, 3.05) is 0 Å². The molecule has 2 rings (SSSR count). The van der Waals surface area contributed by atoms with E-state index in [-0.39, 0.29) is 24.2 Å². The lowest BCUT2D eigenvalue weighted by Gasteiger charge is -2.21. The summed E-state index contributed by atoms with van der Waals surface area (Å²) < 4.78 is 11.8. The lowest BCUT2D eigenvalue weighted by molar-refractivity contribution is 0.0842. The largest absolute Gasteiger partial charge is 0.494 e. The molecule has 0 spiro atoms. The van der Waals surface area contributed by atoms with Crippen molar-refractivity contribution in [3.8, 4) is 0 Å². The molecule has 1 atom stereocenters. The monoisotopic (exact) mass is 290 g/mol. The summed E-state index contributed by atoms with van der Waals surface area (Å²) in [6.07, 6.45) is 1.37. The van der Waals surface area contributed by atoms with Crippen LogP contribution in [0.2, 0.25) is 0 Å². The highest BCUT2D eigenvalue weighted by atomic mass is 16.7.